The van der Waals surface area contributed by atoms with Gasteiger partial charge in [-0.1, -0.05) is 273 Å². The lowest BCUT2D eigenvalue weighted by Crippen LogP contribution is -2.63. The van der Waals surface area contributed by atoms with E-state index in [4.69, 9.17) is 9.47 Å². The zero-order chi connectivity index (χ0) is 64.6. The highest BCUT2D eigenvalue weighted by molar-refractivity contribution is 7.02. The molecular formula is C90H60B2N4O2. The second-order valence-corrected chi connectivity index (χ2v) is 25.4. The van der Waals surface area contributed by atoms with E-state index in [-0.39, 0.29) is 13.4 Å². The number of anilines is 12. The number of hydrogen-bond donors (Lipinski definition) is 0. The molecule has 0 aliphatic carbocycles. The van der Waals surface area contributed by atoms with Crippen molar-refractivity contribution < 1.29 is 9.47 Å². The molecule has 15 aromatic rings. The summed E-state index contributed by atoms with van der Waals surface area (Å²) in [5.41, 5.74) is 27.9. The standard InChI is InChI=1S/C90H60B2N4O2/c1-9-31-61(32-10-1)71-47-29-48-72(62-33-11-2-12-34-62)89(71)94(67-43-21-7-22-44-67)70-56-81-87-86(58-70)98-83-53-27-25-51-75(83)91(87)77-59-78-80(60-79(77)95(81)68-45-23-8-24-46-68)96(90-73(63-35-13-3-14-36-63)49-30-50-74(90)64-37-15-4-16-38-64)82-55-69(57-85-88(82)92(78)76-52-26-28-54-84(76)97-85)93(65-39-17-5-18-40-65)66-41-19-6-20-42-66/h1-60H. The second kappa shape index (κ2) is 23.6. The molecule has 98 heavy (non-hydrogen) atoms. The van der Waals surface area contributed by atoms with Gasteiger partial charge in [-0.15, -0.1) is 0 Å². The zero-order valence-electron chi connectivity index (χ0n) is 53.4. The van der Waals surface area contributed by atoms with Gasteiger partial charge in [-0.25, -0.2) is 0 Å². The first-order chi connectivity index (χ1) is 48.7. The van der Waals surface area contributed by atoms with Crippen molar-refractivity contribution in [2.24, 2.45) is 0 Å². The van der Waals surface area contributed by atoms with E-state index in [1.54, 1.807) is 0 Å². The Kier molecular flexibility index (Phi) is 13.7. The van der Waals surface area contributed by atoms with Gasteiger partial charge < -0.3 is 29.1 Å². The predicted octanol–water partition coefficient (Wildman–Crippen LogP) is 20.1. The number of rotatable bonds is 12. The van der Waals surface area contributed by atoms with E-state index in [9.17, 15) is 0 Å². The van der Waals surface area contributed by atoms with Crippen LogP contribution >= 0.6 is 0 Å². The average molecular weight is 1250 g/mol. The molecule has 4 heterocycles. The second-order valence-electron chi connectivity index (χ2n) is 25.4. The Hall–Kier alpha value is -12.8. The van der Waals surface area contributed by atoms with Crippen LogP contribution in [0.4, 0.5) is 68.2 Å². The molecule has 8 heteroatoms. The maximum absolute atomic E-state index is 7.49. The Morgan fingerprint density at radius 1 is 0.235 bits per heavy atom. The van der Waals surface area contributed by atoms with Crippen molar-refractivity contribution in [3.05, 3.63) is 364 Å². The van der Waals surface area contributed by atoms with Gasteiger partial charge in [-0.2, -0.15) is 0 Å². The van der Waals surface area contributed by atoms with Crippen LogP contribution in [0.25, 0.3) is 44.5 Å². The normalized spacial score (nSPS) is 12.6. The minimum Gasteiger partial charge on any atom is -0.458 e. The van der Waals surface area contributed by atoms with E-state index in [1.807, 2.05) is 0 Å². The summed E-state index contributed by atoms with van der Waals surface area (Å²) < 4.78 is 14.9. The summed E-state index contributed by atoms with van der Waals surface area (Å²) in [6, 6.07) is 132. The third-order valence-electron chi connectivity index (χ3n) is 19.9. The first-order valence-electron chi connectivity index (χ1n) is 33.6. The molecule has 15 aromatic carbocycles. The van der Waals surface area contributed by atoms with Gasteiger partial charge in [0.2, 0.25) is 0 Å². The molecule has 0 radical (unpaired) electrons. The number of benzene rings is 15. The number of nitrogens with zero attached hydrogens (tertiary/aromatic N) is 4. The van der Waals surface area contributed by atoms with Crippen molar-refractivity contribution in [3.63, 3.8) is 0 Å². The molecule has 4 aliphatic heterocycles. The molecule has 0 spiro atoms. The van der Waals surface area contributed by atoms with Crippen molar-refractivity contribution in [3.8, 4) is 67.5 Å². The quantitative estimate of drug-likeness (QED) is 0.113. The number of fused-ring (bicyclic) bond motifs is 8. The van der Waals surface area contributed by atoms with Crippen LogP contribution in [0, 0.1) is 0 Å². The van der Waals surface area contributed by atoms with Crippen LogP contribution in [-0.2, 0) is 0 Å². The Morgan fingerprint density at radius 3 is 1.03 bits per heavy atom. The van der Waals surface area contributed by atoms with E-state index in [2.05, 4.69) is 384 Å². The van der Waals surface area contributed by atoms with E-state index < -0.39 is 0 Å². The third kappa shape index (κ3) is 9.36. The van der Waals surface area contributed by atoms with Crippen molar-refractivity contribution in [2.75, 3.05) is 19.6 Å². The maximum Gasteiger partial charge on any atom is 0.256 e. The molecule has 4 aliphatic rings. The molecule has 0 fully saturated rings. The summed E-state index contributed by atoms with van der Waals surface area (Å²) in [5.74, 6) is 3.27. The minimum atomic E-state index is -0.257. The monoisotopic (exact) mass is 1250 g/mol. The first-order valence-corrected chi connectivity index (χ1v) is 33.6. The van der Waals surface area contributed by atoms with Gasteiger partial charge in [0.05, 0.1) is 22.7 Å². The molecular weight excluding hydrogens is 1190 g/mol. The lowest BCUT2D eigenvalue weighted by atomic mass is 9.31. The van der Waals surface area contributed by atoms with Gasteiger partial charge in [0.25, 0.3) is 13.4 Å². The van der Waals surface area contributed by atoms with Gasteiger partial charge in [0, 0.05) is 79.9 Å². The highest BCUT2D eigenvalue weighted by atomic mass is 16.5. The Labute approximate surface area is 571 Å². The molecule has 0 saturated carbocycles. The highest BCUT2D eigenvalue weighted by Gasteiger charge is 2.48. The first kappa shape index (κ1) is 56.7. The average Bonchev–Trinajstić information content (AvgIpc) is 0.690. The van der Waals surface area contributed by atoms with Gasteiger partial charge in [-0.05, 0) is 134 Å². The van der Waals surface area contributed by atoms with Gasteiger partial charge in [-0.3, -0.25) is 0 Å². The van der Waals surface area contributed by atoms with Crippen LogP contribution < -0.4 is 61.9 Å². The summed E-state index contributed by atoms with van der Waals surface area (Å²) in [4.78, 5) is 9.95. The lowest BCUT2D eigenvalue weighted by molar-refractivity contribution is 0.487. The third-order valence-corrected chi connectivity index (χ3v) is 19.9. The van der Waals surface area contributed by atoms with Crippen molar-refractivity contribution in [1.82, 2.24) is 0 Å². The molecule has 6 nitrogen and oxygen atoms in total. The smallest absolute Gasteiger partial charge is 0.256 e. The van der Waals surface area contributed by atoms with Crippen LogP contribution in [0.15, 0.2) is 364 Å². The minimum absolute atomic E-state index is 0.255. The SMILES string of the molecule is c1ccc(-c2cccc(-c3ccccc3)c2N(c2ccccc2)c2cc3c4c(c2)N(c2ccccc2)c2cc5c(cc2B4c2ccccc2O3)B2c3ccccc3Oc3cc(N(c4ccccc4)c4ccccc4)cc(c32)N5c2c(-c3ccccc3)cccc2-c2ccccc2)cc1. The predicted molar refractivity (Wildman–Crippen MR) is 409 cm³/mol. The van der Waals surface area contributed by atoms with Crippen LogP contribution in [0.5, 0.6) is 23.0 Å². The molecule has 0 amide bonds. The Bertz CT molecular complexity index is 5380. The number of ether oxygens (including phenoxy) is 2. The Morgan fingerprint density at radius 2 is 0.582 bits per heavy atom. The number of para-hydroxylation sites is 8. The summed E-state index contributed by atoms with van der Waals surface area (Å²) in [6.45, 7) is -0.512. The molecule has 19 rings (SSSR count). The van der Waals surface area contributed by atoms with E-state index >= 15 is 0 Å². The van der Waals surface area contributed by atoms with Gasteiger partial charge in [0.1, 0.15) is 23.0 Å². The van der Waals surface area contributed by atoms with E-state index in [0.717, 1.165) is 158 Å². The molecule has 0 N–H and O–H groups in total. The molecule has 458 valence electrons. The fourth-order valence-electron chi connectivity index (χ4n) is 15.8. The lowest BCUT2D eigenvalue weighted by Gasteiger charge is -2.45. The molecule has 0 saturated heterocycles. The van der Waals surface area contributed by atoms with Crippen LogP contribution in [-0.4, -0.2) is 13.4 Å². The highest BCUT2D eigenvalue weighted by Crippen LogP contribution is 2.55. The summed E-state index contributed by atoms with van der Waals surface area (Å²) in [7, 11) is 0. The molecule has 0 unspecified atom stereocenters. The van der Waals surface area contributed by atoms with Crippen LogP contribution in [0.2, 0.25) is 0 Å². The molecule has 0 bridgehead atoms. The summed E-state index contributed by atoms with van der Waals surface area (Å²) in [6.07, 6.45) is 0. The zero-order valence-corrected chi connectivity index (χ0v) is 53.4. The fraction of sp³-hybridized carbons (Fsp3) is 0. The summed E-state index contributed by atoms with van der Waals surface area (Å²) in [5, 5.41) is 0. The Balaban J connectivity index is 0.938. The van der Waals surface area contributed by atoms with E-state index in [1.165, 1.54) is 10.9 Å². The van der Waals surface area contributed by atoms with Gasteiger partial charge in [0.15, 0.2) is 0 Å². The van der Waals surface area contributed by atoms with Crippen molar-refractivity contribution in [1.29, 1.82) is 0 Å². The van der Waals surface area contributed by atoms with Crippen molar-refractivity contribution >= 4 is 114 Å². The topological polar surface area (TPSA) is 31.4 Å². The molecule has 0 atom stereocenters. The number of hydrogen-bond acceptors (Lipinski definition) is 6. The van der Waals surface area contributed by atoms with Crippen LogP contribution in [0.3, 0.4) is 0 Å². The fourth-order valence-corrected chi connectivity index (χ4v) is 15.8. The van der Waals surface area contributed by atoms with Crippen LogP contribution in [0.1, 0.15) is 0 Å². The maximum atomic E-state index is 7.49. The van der Waals surface area contributed by atoms with Crippen molar-refractivity contribution in [2.45, 2.75) is 0 Å². The molecule has 0 aromatic heterocycles. The summed E-state index contributed by atoms with van der Waals surface area (Å²) >= 11 is 0. The van der Waals surface area contributed by atoms with E-state index in [0.29, 0.717) is 0 Å². The van der Waals surface area contributed by atoms with Gasteiger partial charge >= 0.3 is 0 Å². The largest absolute Gasteiger partial charge is 0.458 e.